The molecule has 2 bridgehead atoms. The normalized spacial score (nSPS) is 34.5. The molecule has 1 saturated heterocycles. The maximum absolute atomic E-state index is 13.6. The Kier molecular flexibility index (Phi) is 4.42. The minimum absolute atomic E-state index is 0.00854. The number of carbonyl (C=O) groups excluding carboxylic acids is 2. The van der Waals surface area contributed by atoms with Crippen molar-refractivity contribution in [3.05, 3.63) is 50.2 Å². The molecule has 3 fully saturated rings. The number of aromatic nitrogens is 1. The molecule has 6 rings (SSSR count). The minimum atomic E-state index is -1.04. The number of thiazole rings is 1. The number of nitrogens with zero attached hydrogens (tertiary/aromatic N) is 1. The predicted octanol–water partition coefficient (Wildman–Crippen LogP) is 2.52. The lowest BCUT2D eigenvalue weighted by Crippen LogP contribution is -2.42. The number of hydrogen-bond acceptors (Lipinski definition) is 6. The third-order valence-corrected chi connectivity index (χ3v) is 10.2. The number of rotatable bonds is 4. The molecule has 3 heterocycles. The Labute approximate surface area is 190 Å². The molecule has 4 aliphatic rings. The highest BCUT2D eigenvalue weighted by atomic mass is 32.2. The summed E-state index contributed by atoms with van der Waals surface area (Å²) < 4.78 is 13.6. The fourth-order valence-corrected chi connectivity index (χ4v) is 9.44. The number of imide groups is 1. The minimum Gasteiger partial charge on any atom is -0.481 e. The van der Waals surface area contributed by atoms with Crippen molar-refractivity contribution in [2.75, 3.05) is 6.54 Å². The zero-order valence-corrected chi connectivity index (χ0v) is 18.3. The molecule has 7 atom stereocenters. The van der Waals surface area contributed by atoms with Gasteiger partial charge >= 0.3 is 10.8 Å². The first kappa shape index (κ1) is 20.2. The summed E-state index contributed by atoms with van der Waals surface area (Å²) in [6.45, 7) is -0.0933. The molecular weight excluding hydrogens is 455 g/mol. The molecule has 7 nitrogen and oxygen atoms in total. The molecule has 1 aromatic carbocycles. The summed E-state index contributed by atoms with van der Waals surface area (Å²) >= 11 is 2.75. The van der Waals surface area contributed by atoms with Crippen molar-refractivity contribution in [3.8, 4) is 0 Å². The molecule has 0 radical (unpaired) electrons. The van der Waals surface area contributed by atoms with Gasteiger partial charge in [0.25, 0.3) is 0 Å². The number of halogens is 1. The number of fused-ring (bicyclic) bond motifs is 9. The van der Waals surface area contributed by atoms with Gasteiger partial charge in [-0.15, -0.1) is 11.8 Å². The van der Waals surface area contributed by atoms with Crippen LogP contribution in [0.25, 0.3) is 0 Å². The fraction of sp³-hybridized carbons (Fsp3) is 0.455. The molecule has 0 spiro atoms. The van der Waals surface area contributed by atoms with Gasteiger partial charge in [0.15, 0.2) is 0 Å². The van der Waals surface area contributed by atoms with Gasteiger partial charge < -0.3 is 10.1 Å². The van der Waals surface area contributed by atoms with Crippen LogP contribution in [0, 0.1) is 35.4 Å². The van der Waals surface area contributed by atoms with Crippen LogP contribution in [-0.4, -0.2) is 44.6 Å². The van der Waals surface area contributed by atoms with E-state index in [9.17, 15) is 23.6 Å². The molecule has 2 N–H and O–H groups in total. The first-order chi connectivity index (χ1) is 15.3. The zero-order valence-electron chi connectivity index (χ0n) is 16.7. The number of thioether (sulfide) groups is 1. The van der Waals surface area contributed by atoms with Gasteiger partial charge in [-0.3, -0.25) is 24.1 Å². The van der Waals surface area contributed by atoms with E-state index >= 15 is 0 Å². The summed E-state index contributed by atoms with van der Waals surface area (Å²) in [5.74, 6) is -2.89. The number of carboxylic acid groups (broad SMARTS) is 1. The number of likely N-dealkylation sites (tertiary alicyclic amines) is 1. The highest BCUT2D eigenvalue weighted by Crippen LogP contribution is 2.68. The Morgan fingerprint density at radius 3 is 2.50 bits per heavy atom. The Balaban J connectivity index is 1.41. The van der Waals surface area contributed by atoms with E-state index in [1.807, 2.05) is 0 Å². The summed E-state index contributed by atoms with van der Waals surface area (Å²) in [5.41, 5.74) is 0.904. The van der Waals surface area contributed by atoms with Crippen molar-refractivity contribution in [2.45, 2.75) is 29.0 Å². The summed E-state index contributed by atoms with van der Waals surface area (Å²) in [6, 6.07) is 6.31. The second kappa shape index (κ2) is 7.02. The van der Waals surface area contributed by atoms with Gasteiger partial charge in [-0.25, -0.2) is 4.39 Å². The molecule has 166 valence electrons. The number of carbonyl (C=O) groups is 3. The Morgan fingerprint density at radius 1 is 1.12 bits per heavy atom. The monoisotopic (exact) mass is 474 g/mol. The second-order valence-corrected chi connectivity index (χ2v) is 11.2. The van der Waals surface area contributed by atoms with E-state index in [2.05, 4.69) is 4.98 Å². The number of aliphatic carboxylic acids is 1. The Bertz CT molecular complexity index is 1210. The molecule has 10 heteroatoms. The van der Waals surface area contributed by atoms with Crippen LogP contribution in [0.2, 0.25) is 0 Å². The Morgan fingerprint density at radius 2 is 1.81 bits per heavy atom. The number of carboxylic acids is 1. The third kappa shape index (κ3) is 2.71. The van der Waals surface area contributed by atoms with E-state index in [4.69, 9.17) is 5.11 Å². The number of hydrogen-bond donors (Lipinski definition) is 2. The lowest BCUT2D eigenvalue weighted by Gasteiger charge is -2.43. The fourth-order valence-electron chi connectivity index (χ4n) is 6.55. The third-order valence-electron chi connectivity index (χ3n) is 7.59. The van der Waals surface area contributed by atoms with Crippen LogP contribution in [-0.2, 0) is 14.4 Å². The SMILES string of the molecule is O=C(O)CCN1C(=O)[C@@H]2[C@H]3C[C@@H]([C@@H]2C1=O)[C@@H]1[C@H](c2ccc(F)cc2)c2sc(=O)[nH]c2S[C@H]31. The quantitative estimate of drug-likeness (QED) is 0.660. The van der Waals surface area contributed by atoms with Crippen LogP contribution < -0.4 is 4.87 Å². The average Bonchev–Trinajstić information content (AvgIpc) is 3.47. The van der Waals surface area contributed by atoms with E-state index in [0.29, 0.717) is 0 Å². The molecular formula is C22H19FN2O5S2. The topological polar surface area (TPSA) is 108 Å². The van der Waals surface area contributed by atoms with Crippen molar-refractivity contribution in [1.29, 1.82) is 0 Å². The highest BCUT2D eigenvalue weighted by Gasteiger charge is 2.69. The molecule has 2 aromatic rings. The summed E-state index contributed by atoms with van der Waals surface area (Å²) in [6.07, 6.45) is 0.503. The van der Waals surface area contributed by atoms with Gasteiger partial charge in [-0.1, -0.05) is 23.5 Å². The van der Waals surface area contributed by atoms with E-state index in [-0.39, 0.29) is 64.4 Å². The second-order valence-electron chi connectivity index (χ2n) is 8.98. The van der Waals surface area contributed by atoms with Gasteiger partial charge in [0.05, 0.1) is 23.3 Å². The maximum atomic E-state index is 13.6. The summed E-state index contributed by atoms with van der Waals surface area (Å²) in [7, 11) is 0. The van der Waals surface area contributed by atoms with Crippen molar-refractivity contribution in [2.24, 2.45) is 29.6 Å². The van der Waals surface area contributed by atoms with Crippen LogP contribution in [0.1, 0.15) is 29.2 Å². The molecule has 2 amide bonds. The smallest absolute Gasteiger partial charge is 0.305 e. The number of nitrogens with one attached hydrogen (secondary N) is 1. The number of benzene rings is 1. The van der Waals surface area contributed by atoms with Crippen LogP contribution in [0.3, 0.4) is 0 Å². The number of amides is 2. The van der Waals surface area contributed by atoms with Gasteiger partial charge in [-0.2, -0.15) is 0 Å². The van der Waals surface area contributed by atoms with Crippen molar-refractivity contribution in [3.63, 3.8) is 0 Å². The zero-order chi connectivity index (χ0) is 22.3. The van der Waals surface area contributed by atoms with Gasteiger partial charge in [-0.05, 0) is 41.9 Å². The van der Waals surface area contributed by atoms with Gasteiger partial charge in [0.2, 0.25) is 11.8 Å². The molecule has 32 heavy (non-hydrogen) atoms. The molecule has 2 aliphatic heterocycles. The average molecular weight is 475 g/mol. The summed E-state index contributed by atoms with van der Waals surface area (Å²) in [4.78, 5) is 54.4. The van der Waals surface area contributed by atoms with E-state index < -0.39 is 17.8 Å². The van der Waals surface area contributed by atoms with Crippen molar-refractivity contribution >= 4 is 40.9 Å². The molecule has 2 saturated carbocycles. The van der Waals surface area contributed by atoms with Crippen molar-refractivity contribution in [1.82, 2.24) is 9.88 Å². The molecule has 0 unspecified atom stereocenters. The van der Waals surface area contributed by atoms with E-state index in [1.54, 1.807) is 23.9 Å². The van der Waals surface area contributed by atoms with E-state index in [0.717, 1.165) is 38.1 Å². The van der Waals surface area contributed by atoms with Crippen LogP contribution in [0.15, 0.2) is 34.1 Å². The number of H-pyrrole nitrogens is 1. The Hall–Kier alpha value is -2.46. The maximum Gasteiger partial charge on any atom is 0.305 e. The first-order valence-electron chi connectivity index (χ1n) is 10.6. The van der Waals surface area contributed by atoms with Crippen LogP contribution in [0.5, 0.6) is 0 Å². The molecule has 2 aliphatic carbocycles. The highest BCUT2D eigenvalue weighted by molar-refractivity contribution is 8.00. The van der Waals surface area contributed by atoms with Gasteiger partial charge in [0.1, 0.15) is 5.82 Å². The van der Waals surface area contributed by atoms with Crippen LogP contribution in [0.4, 0.5) is 4.39 Å². The van der Waals surface area contributed by atoms with Crippen LogP contribution >= 0.6 is 23.1 Å². The molecule has 1 aromatic heterocycles. The lowest BCUT2D eigenvalue weighted by atomic mass is 9.68. The van der Waals surface area contributed by atoms with E-state index in [1.165, 1.54) is 12.1 Å². The van der Waals surface area contributed by atoms with Crippen molar-refractivity contribution < 1.29 is 23.9 Å². The lowest BCUT2D eigenvalue weighted by molar-refractivity contribution is -0.142. The number of aromatic amines is 1. The standard InChI is InChI=1S/C22H19FN2O5S2/c23-9-3-1-8(2-4-9)13-14-10-7-11(17(14)31-19-18(13)32-22(30)24-19)16-15(10)20(28)25(21(16)29)6-5-12(26)27/h1-4,10-11,13-17H,5-7H2,(H,24,30)(H,26,27)/t10-,11-,13+,14-,15+,16-,17-/m1/s1. The first-order valence-corrected chi connectivity index (χ1v) is 12.3. The summed E-state index contributed by atoms with van der Waals surface area (Å²) in [5, 5.41) is 9.87. The predicted molar refractivity (Wildman–Crippen MR) is 114 cm³/mol. The largest absolute Gasteiger partial charge is 0.481 e. The van der Waals surface area contributed by atoms with Gasteiger partial charge in [0, 0.05) is 22.6 Å².